The lowest BCUT2D eigenvalue weighted by molar-refractivity contribution is -0.375. The van der Waals surface area contributed by atoms with Crippen LogP contribution < -0.4 is 5.32 Å². The number of nitrogens with one attached hydrogen (secondary N) is 1. The maximum Gasteiger partial charge on any atom is 0.217 e. The van der Waals surface area contributed by atoms with Crippen LogP contribution in [0.2, 0.25) is 0 Å². The highest BCUT2D eigenvalue weighted by atomic mass is 16.7. The van der Waals surface area contributed by atoms with Crippen LogP contribution in [0.25, 0.3) is 0 Å². The van der Waals surface area contributed by atoms with E-state index in [4.69, 9.17) is 23.7 Å². The van der Waals surface area contributed by atoms with Crippen LogP contribution in [0, 0.1) is 0 Å². The third kappa shape index (κ3) is 6.38. The minimum absolute atomic E-state index is 0.627. The quantitative estimate of drug-likeness (QED) is 0.135. The number of aliphatic hydroxyl groups is 10. The first-order chi connectivity index (χ1) is 17.4. The van der Waals surface area contributed by atoms with Gasteiger partial charge in [-0.25, -0.2) is 0 Å². The van der Waals surface area contributed by atoms with E-state index < -0.39 is 118 Å². The monoisotopic (exact) mass is 545 g/mol. The third-order valence-electron chi connectivity index (χ3n) is 6.50. The second-order valence-corrected chi connectivity index (χ2v) is 9.07. The Kier molecular flexibility index (Phi) is 10.5. The first-order valence-corrected chi connectivity index (χ1v) is 11.6. The molecule has 3 saturated heterocycles. The van der Waals surface area contributed by atoms with Gasteiger partial charge in [-0.2, -0.15) is 0 Å². The average molecular weight is 545 g/mol. The van der Waals surface area contributed by atoms with Crippen LogP contribution in [-0.2, 0) is 28.5 Å². The maximum absolute atomic E-state index is 11.5. The van der Waals surface area contributed by atoms with Gasteiger partial charge < -0.3 is 80.1 Å². The number of carbonyl (C=O) groups excluding carboxylic acids is 1. The molecule has 1 amide bonds. The van der Waals surface area contributed by atoms with Crippen molar-refractivity contribution in [2.24, 2.45) is 0 Å². The van der Waals surface area contributed by atoms with Crippen LogP contribution in [0.4, 0.5) is 0 Å². The summed E-state index contributed by atoms with van der Waals surface area (Å²) in [6.07, 6.45) is -23.4. The first-order valence-electron chi connectivity index (χ1n) is 11.6. The van der Waals surface area contributed by atoms with Gasteiger partial charge in [-0.05, 0) is 0 Å². The summed E-state index contributed by atoms with van der Waals surface area (Å²) in [5, 5.41) is 103. The molecule has 0 aliphatic carbocycles. The Labute approximate surface area is 210 Å². The number of carbonyl (C=O) groups is 1. The van der Waals surface area contributed by atoms with E-state index in [2.05, 4.69) is 5.32 Å². The second kappa shape index (κ2) is 12.8. The molecule has 0 aromatic rings. The van der Waals surface area contributed by atoms with E-state index in [-0.39, 0.29) is 0 Å². The van der Waals surface area contributed by atoms with Crippen molar-refractivity contribution in [2.75, 3.05) is 19.8 Å². The van der Waals surface area contributed by atoms with E-state index in [1.54, 1.807) is 0 Å². The molecule has 3 aliphatic rings. The highest BCUT2D eigenvalue weighted by molar-refractivity contribution is 5.73. The molecule has 0 bridgehead atoms. The second-order valence-electron chi connectivity index (χ2n) is 9.07. The molecule has 3 heterocycles. The van der Waals surface area contributed by atoms with Crippen molar-refractivity contribution in [2.45, 2.75) is 99.0 Å². The number of amides is 1. The van der Waals surface area contributed by atoms with Crippen LogP contribution in [0.1, 0.15) is 6.92 Å². The number of aliphatic hydroxyl groups excluding tert-OH is 10. The summed E-state index contributed by atoms with van der Waals surface area (Å²) in [6, 6.07) is -1.40. The molecule has 11 N–H and O–H groups in total. The Balaban J connectivity index is 1.80. The van der Waals surface area contributed by atoms with E-state index in [0.29, 0.717) is 0 Å². The normalized spacial score (nSPS) is 49.0. The fraction of sp³-hybridized carbons (Fsp3) is 0.950. The summed E-state index contributed by atoms with van der Waals surface area (Å²) in [6.45, 7) is -1.23. The molecule has 216 valence electrons. The third-order valence-corrected chi connectivity index (χ3v) is 6.50. The minimum atomic E-state index is -1.91. The number of hydrogen-bond donors (Lipinski definition) is 11. The van der Waals surface area contributed by atoms with Crippen LogP contribution in [0.5, 0.6) is 0 Å². The van der Waals surface area contributed by atoms with Crippen molar-refractivity contribution in [1.29, 1.82) is 0 Å². The van der Waals surface area contributed by atoms with Gasteiger partial charge in [-0.15, -0.1) is 0 Å². The van der Waals surface area contributed by atoms with Crippen LogP contribution in [0.3, 0.4) is 0 Å². The minimum Gasteiger partial charge on any atom is -0.394 e. The molecule has 37 heavy (non-hydrogen) atoms. The van der Waals surface area contributed by atoms with Crippen LogP contribution in [-0.4, -0.2) is 169 Å². The standard InChI is InChI=1S/C20H35NO16/c1-5(25)21-9-12(28)16(8(4-24)33-18(9)32)36-20-15(31)17(11(27)7(3-23)35-20)37-19-14(30)13(29)10(26)6(2-22)34-19/h6-20,22-24,26-32H,2-4H2,1H3,(H,21,25)/t6?,7?,8?,9?,10-,11-,12?,13-,14?,15-,16+,17?,18+,19+,20-/m0/s1. The van der Waals surface area contributed by atoms with Crippen molar-refractivity contribution < 1.29 is 79.5 Å². The van der Waals surface area contributed by atoms with Gasteiger partial charge in [0.25, 0.3) is 0 Å². The Morgan fingerprint density at radius 3 is 1.70 bits per heavy atom. The number of ether oxygens (including phenoxy) is 5. The van der Waals surface area contributed by atoms with Crippen LogP contribution >= 0.6 is 0 Å². The van der Waals surface area contributed by atoms with Crippen molar-refractivity contribution in [3.05, 3.63) is 0 Å². The van der Waals surface area contributed by atoms with Crippen molar-refractivity contribution in [1.82, 2.24) is 5.32 Å². The lowest BCUT2D eigenvalue weighted by atomic mass is 9.95. The predicted octanol–water partition coefficient (Wildman–Crippen LogP) is -7.43. The molecule has 17 heteroatoms. The van der Waals surface area contributed by atoms with Crippen molar-refractivity contribution >= 4 is 5.91 Å². The van der Waals surface area contributed by atoms with Crippen molar-refractivity contribution in [3.8, 4) is 0 Å². The summed E-state index contributed by atoms with van der Waals surface area (Å²) < 4.78 is 26.9. The Bertz CT molecular complexity index is 745. The fourth-order valence-corrected chi connectivity index (χ4v) is 4.46. The molecule has 17 nitrogen and oxygen atoms in total. The molecule has 3 fully saturated rings. The van der Waals surface area contributed by atoms with Gasteiger partial charge in [0.05, 0.1) is 19.8 Å². The van der Waals surface area contributed by atoms with Crippen molar-refractivity contribution in [3.63, 3.8) is 0 Å². The van der Waals surface area contributed by atoms with Gasteiger partial charge >= 0.3 is 0 Å². The summed E-state index contributed by atoms with van der Waals surface area (Å²) in [7, 11) is 0. The fourth-order valence-electron chi connectivity index (χ4n) is 4.46. The predicted molar refractivity (Wildman–Crippen MR) is 113 cm³/mol. The van der Waals surface area contributed by atoms with Gasteiger partial charge in [-0.1, -0.05) is 0 Å². The molecular formula is C20H35NO16. The molecule has 3 aliphatic heterocycles. The smallest absolute Gasteiger partial charge is 0.217 e. The lowest BCUT2D eigenvalue weighted by Gasteiger charge is -2.48. The Morgan fingerprint density at radius 2 is 1.16 bits per heavy atom. The molecule has 0 aromatic heterocycles. The number of hydrogen-bond acceptors (Lipinski definition) is 16. The molecule has 0 spiro atoms. The molecule has 0 aromatic carbocycles. The first kappa shape index (κ1) is 30.4. The van der Waals surface area contributed by atoms with E-state index in [1.807, 2.05) is 0 Å². The zero-order chi connectivity index (χ0) is 27.6. The van der Waals surface area contributed by atoms with Gasteiger partial charge in [0, 0.05) is 6.92 Å². The van der Waals surface area contributed by atoms with E-state index >= 15 is 0 Å². The van der Waals surface area contributed by atoms with E-state index in [0.717, 1.165) is 6.92 Å². The van der Waals surface area contributed by atoms with E-state index in [1.165, 1.54) is 0 Å². The van der Waals surface area contributed by atoms with Crippen LogP contribution in [0.15, 0.2) is 0 Å². The highest BCUT2D eigenvalue weighted by Crippen LogP contribution is 2.32. The van der Waals surface area contributed by atoms with Gasteiger partial charge in [-0.3, -0.25) is 4.79 Å². The summed E-state index contributed by atoms with van der Waals surface area (Å²) in [4.78, 5) is 11.5. The largest absolute Gasteiger partial charge is 0.394 e. The Morgan fingerprint density at radius 1 is 0.649 bits per heavy atom. The lowest BCUT2D eigenvalue weighted by Crippen LogP contribution is -2.68. The molecule has 0 radical (unpaired) electrons. The molecule has 15 atom stereocenters. The van der Waals surface area contributed by atoms with E-state index in [9.17, 15) is 55.9 Å². The summed E-state index contributed by atoms with van der Waals surface area (Å²) in [5.41, 5.74) is 0. The molecular weight excluding hydrogens is 510 g/mol. The molecule has 0 saturated carbocycles. The molecule has 3 rings (SSSR count). The summed E-state index contributed by atoms with van der Waals surface area (Å²) in [5.74, 6) is -0.627. The topological polar surface area (TPSA) is 278 Å². The zero-order valence-electron chi connectivity index (χ0n) is 19.7. The maximum atomic E-state index is 11.5. The van der Waals surface area contributed by atoms with Gasteiger partial charge in [0.15, 0.2) is 18.9 Å². The van der Waals surface area contributed by atoms with Gasteiger partial charge in [0.1, 0.15) is 73.2 Å². The Hall–Kier alpha value is -1.13. The average Bonchev–Trinajstić information content (AvgIpc) is 2.86. The SMILES string of the molecule is CC(=O)NC1C(O)[C@H](O[C@@H]2OC(CO)[C@H](O)C(O[C@H]3OC(CO)[C@H](O)[C@H](O)C3O)[C@@H]2O)C(CO)O[C@H]1O. The number of rotatable bonds is 8. The van der Waals surface area contributed by atoms with Gasteiger partial charge in [0.2, 0.25) is 5.91 Å². The highest BCUT2D eigenvalue weighted by Gasteiger charge is 2.53. The zero-order valence-corrected chi connectivity index (χ0v) is 19.7. The summed E-state index contributed by atoms with van der Waals surface area (Å²) >= 11 is 0. The molecule has 7 unspecified atom stereocenters.